The number of benzene rings is 1. The standard InChI is InChI=1S/C15H16O5/c1-2-3-4-5-8-19-14-13(17)11-7-6-10(16)9-12(11)20-15(14)18/h3-4,6-7,9,16-17H,2,5,8H2,1H3. The normalized spacial score (nSPS) is 11.2. The van der Waals surface area contributed by atoms with Gasteiger partial charge in [0.1, 0.15) is 11.3 Å². The van der Waals surface area contributed by atoms with E-state index in [1.165, 1.54) is 18.2 Å². The Balaban J connectivity index is 2.27. The van der Waals surface area contributed by atoms with E-state index < -0.39 is 5.63 Å². The van der Waals surface area contributed by atoms with Gasteiger partial charge in [-0.3, -0.25) is 0 Å². The Morgan fingerprint density at radius 3 is 2.85 bits per heavy atom. The number of fused-ring (bicyclic) bond motifs is 1. The molecule has 0 spiro atoms. The minimum atomic E-state index is -0.764. The maximum absolute atomic E-state index is 11.7. The molecule has 0 amide bonds. The van der Waals surface area contributed by atoms with Gasteiger partial charge in [-0.1, -0.05) is 19.1 Å². The molecule has 0 aliphatic heterocycles. The molecule has 1 aromatic carbocycles. The fraction of sp³-hybridized carbons (Fsp3) is 0.267. The van der Waals surface area contributed by atoms with Gasteiger partial charge in [-0.2, -0.15) is 0 Å². The first-order chi connectivity index (χ1) is 9.63. The Bertz CT molecular complexity index is 684. The zero-order valence-corrected chi connectivity index (χ0v) is 11.1. The molecule has 0 saturated carbocycles. The summed E-state index contributed by atoms with van der Waals surface area (Å²) >= 11 is 0. The molecule has 20 heavy (non-hydrogen) atoms. The Labute approximate surface area is 115 Å². The van der Waals surface area contributed by atoms with Crippen molar-refractivity contribution >= 4 is 11.0 Å². The summed E-state index contributed by atoms with van der Waals surface area (Å²) in [6, 6.07) is 4.13. The number of hydrogen-bond acceptors (Lipinski definition) is 5. The SMILES string of the molecule is CCC=CCCOc1c(O)c2ccc(O)cc2oc1=O. The van der Waals surface area contributed by atoms with Crippen LogP contribution in [0.15, 0.2) is 39.6 Å². The summed E-state index contributed by atoms with van der Waals surface area (Å²) in [5, 5.41) is 19.7. The number of phenolic OH excluding ortho intramolecular Hbond substituents is 1. The highest BCUT2D eigenvalue weighted by atomic mass is 16.5. The van der Waals surface area contributed by atoms with E-state index in [4.69, 9.17) is 9.15 Å². The van der Waals surface area contributed by atoms with Crippen molar-refractivity contribution in [1.29, 1.82) is 0 Å². The third-order valence-electron chi connectivity index (χ3n) is 2.76. The van der Waals surface area contributed by atoms with Crippen molar-refractivity contribution in [3.05, 3.63) is 40.8 Å². The van der Waals surface area contributed by atoms with Gasteiger partial charge in [-0.05, 0) is 25.0 Å². The van der Waals surface area contributed by atoms with Crippen LogP contribution in [0.3, 0.4) is 0 Å². The van der Waals surface area contributed by atoms with Crippen molar-refractivity contribution in [3.63, 3.8) is 0 Å². The lowest BCUT2D eigenvalue weighted by Gasteiger charge is -2.07. The summed E-state index contributed by atoms with van der Waals surface area (Å²) in [6.45, 7) is 2.30. The number of aromatic hydroxyl groups is 2. The topological polar surface area (TPSA) is 79.9 Å². The lowest BCUT2D eigenvalue weighted by Crippen LogP contribution is -2.08. The van der Waals surface area contributed by atoms with Gasteiger partial charge in [0.05, 0.1) is 12.0 Å². The van der Waals surface area contributed by atoms with E-state index in [2.05, 4.69) is 0 Å². The van der Waals surface area contributed by atoms with E-state index in [-0.39, 0.29) is 29.4 Å². The molecule has 0 saturated heterocycles. The second-order valence-electron chi connectivity index (χ2n) is 4.26. The third-order valence-corrected chi connectivity index (χ3v) is 2.76. The zero-order chi connectivity index (χ0) is 14.5. The van der Waals surface area contributed by atoms with E-state index in [9.17, 15) is 15.0 Å². The second kappa shape index (κ2) is 6.14. The van der Waals surface area contributed by atoms with Gasteiger partial charge in [0, 0.05) is 6.07 Å². The smallest absolute Gasteiger partial charge is 0.383 e. The van der Waals surface area contributed by atoms with Crippen LogP contribution in [0.1, 0.15) is 19.8 Å². The zero-order valence-electron chi connectivity index (χ0n) is 11.1. The van der Waals surface area contributed by atoms with Gasteiger partial charge in [0.2, 0.25) is 5.75 Å². The van der Waals surface area contributed by atoms with Gasteiger partial charge in [0.15, 0.2) is 5.75 Å². The van der Waals surface area contributed by atoms with Gasteiger partial charge in [-0.15, -0.1) is 0 Å². The highest BCUT2D eigenvalue weighted by Gasteiger charge is 2.15. The molecule has 5 nitrogen and oxygen atoms in total. The molecule has 0 bridgehead atoms. The van der Waals surface area contributed by atoms with Crippen molar-refractivity contribution < 1.29 is 19.4 Å². The summed E-state index contributed by atoms with van der Waals surface area (Å²) in [5.41, 5.74) is -0.647. The lowest BCUT2D eigenvalue weighted by atomic mass is 10.2. The van der Waals surface area contributed by atoms with Crippen molar-refractivity contribution in [3.8, 4) is 17.2 Å². The van der Waals surface area contributed by atoms with Crippen LogP contribution in [-0.2, 0) is 0 Å². The summed E-state index contributed by atoms with van der Waals surface area (Å²) in [4.78, 5) is 11.7. The molecule has 2 rings (SSSR count). The molecule has 2 aromatic rings. The quantitative estimate of drug-likeness (QED) is 0.498. The monoisotopic (exact) mass is 276 g/mol. The van der Waals surface area contributed by atoms with Crippen molar-refractivity contribution in [2.24, 2.45) is 0 Å². The first kappa shape index (κ1) is 14.0. The highest BCUT2D eigenvalue weighted by molar-refractivity contribution is 5.86. The van der Waals surface area contributed by atoms with Crippen LogP contribution in [0.25, 0.3) is 11.0 Å². The van der Waals surface area contributed by atoms with Crippen LogP contribution in [0, 0.1) is 0 Å². The largest absolute Gasteiger partial charge is 0.508 e. The number of ether oxygens (including phenoxy) is 1. The third kappa shape index (κ3) is 2.93. The summed E-state index contributed by atoms with van der Waals surface area (Å²) in [7, 11) is 0. The fourth-order valence-corrected chi connectivity index (χ4v) is 1.80. The predicted octanol–water partition coefficient (Wildman–Crippen LogP) is 2.94. The predicted molar refractivity (Wildman–Crippen MR) is 75.4 cm³/mol. The number of allylic oxidation sites excluding steroid dienone is 1. The summed E-state index contributed by atoms with van der Waals surface area (Å²) in [5.74, 6) is -0.512. The Hall–Kier alpha value is -2.43. The van der Waals surface area contributed by atoms with Crippen molar-refractivity contribution in [2.45, 2.75) is 19.8 Å². The van der Waals surface area contributed by atoms with Gasteiger partial charge in [0.25, 0.3) is 0 Å². The molecule has 2 N–H and O–H groups in total. The molecule has 1 aromatic heterocycles. The molecule has 0 atom stereocenters. The van der Waals surface area contributed by atoms with Crippen LogP contribution in [-0.4, -0.2) is 16.8 Å². The molecule has 5 heteroatoms. The molecule has 0 unspecified atom stereocenters. The van der Waals surface area contributed by atoms with Gasteiger partial charge >= 0.3 is 5.63 Å². The summed E-state index contributed by atoms with van der Waals surface area (Å²) < 4.78 is 10.3. The average Bonchev–Trinajstić information content (AvgIpc) is 2.41. The van der Waals surface area contributed by atoms with Crippen LogP contribution in [0.5, 0.6) is 17.2 Å². The van der Waals surface area contributed by atoms with Crippen LogP contribution in [0.4, 0.5) is 0 Å². The molecule has 1 heterocycles. The Morgan fingerprint density at radius 2 is 2.10 bits per heavy atom. The lowest BCUT2D eigenvalue weighted by molar-refractivity contribution is 0.290. The second-order valence-corrected chi connectivity index (χ2v) is 4.26. The van der Waals surface area contributed by atoms with Gasteiger partial charge in [-0.25, -0.2) is 4.79 Å². The van der Waals surface area contributed by atoms with E-state index in [0.717, 1.165) is 6.42 Å². The molecule has 0 aliphatic carbocycles. The van der Waals surface area contributed by atoms with E-state index in [0.29, 0.717) is 11.8 Å². The Morgan fingerprint density at radius 1 is 1.30 bits per heavy atom. The molecule has 0 aliphatic rings. The van der Waals surface area contributed by atoms with Crippen molar-refractivity contribution in [2.75, 3.05) is 6.61 Å². The van der Waals surface area contributed by atoms with Crippen LogP contribution < -0.4 is 10.4 Å². The number of hydrogen-bond donors (Lipinski definition) is 2. The summed E-state index contributed by atoms with van der Waals surface area (Å²) in [6.07, 6.45) is 5.51. The van der Waals surface area contributed by atoms with E-state index in [1.807, 2.05) is 19.1 Å². The molecule has 0 radical (unpaired) electrons. The van der Waals surface area contributed by atoms with Crippen molar-refractivity contribution in [1.82, 2.24) is 0 Å². The molecular weight excluding hydrogens is 260 g/mol. The number of rotatable bonds is 5. The minimum absolute atomic E-state index is 0.0431. The van der Waals surface area contributed by atoms with E-state index in [1.54, 1.807) is 0 Å². The first-order valence-electron chi connectivity index (χ1n) is 6.40. The maximum Gasteiger partial charge on any atom is 0.383 e. The van der Waals surface area contributed by atoms with E-state index >= 15 is 0 Å². The highest BCUT2D eigenvalue weighted by Crippen LogP contribution is 2.32. The minimum Gasteiger partial charge on any atom is -0.508 e. The first-order valence-corrected chi connectivity index (χ1v) is 6.40. The molecular formula is C15H16O5. The van der Waals surface area contributed by atoms with Crippen LogP contribution >= 0.6 is 0 Å². The maximum atomic E-state index is 11.7. The molecule has 106 valence electrons. The number of phenols is 1. The van der Waals surface area contributed by atoms with Gasteiger partial charge < -0.3 is 19.4 Å². The fourth-order valence-electron chi connectivity index (χ4n) is 1.80. The Kier molecular flexibility index (Phi) is 4.30. The average molecular weight is 276 g/mol. The van der Waals surface area contributed by atoms with Crippen LogP contribution in [0.2, 0.25) is 0 Å². The molecule has 0 fully saturated rings.